The second-order valence-corrected chi connectivity index (χ2v) is 8.09. The number of pyridine rings is 1. The van der Waals surface area contributed by atoms with E-state index in [1.165, 1.54) is 0 Å². The van der Waals surface area contributed by atoms with Crippen LogP contribution in [-0.4, -0.2) is 37.6 Å². The van der Waals surface area contributed by atoms with Gasteiger partial charge in [-0.05, 0) is 17.2 Å². The summed E-state index contributed by atoms with van der Waals surface area (Å²) in [6, 6.07) is 11.9. The lowest BCUT2D eigenvalue weighted by Gasteiger charge is -2.12. The molecule has 2 aromatic rings. The van der Waals surface area contributed by atoms with E-state index in [-0.39, 0.29) is 18.0 Å². The Morgan fingerprint density at radius 2 is 1.88 bits per heavy atom. The van der Waals surface area contributed by atoms with Gasteiger partial charge in [0.1, 0.15) is 6.10 Å². The van der Waals surface area contributed by atoms with E-state index in [1.807, 2.05) is 43.3 Å². The van der Waals surface area contributed by atoms with Crippen molar-refractivity contribution in [1.82, 2.24) is 4.98 Å². The van der Waals surface area contributed by atoms with Crippen LogP contribution in [0.5, 0.6) is 0 Å². The molecule has 0 bridgehead atoms. The quantitative estimate of drug-likeness (QED) is 0.862. The lowest BCUT2D eigenvalue weighted by molar-refractivity contribution is 0.0794. The number of nitrogens with zero attached hydrogens (tertiary/aromatic N) is 2. The molecule has 5 nitrogen and oxygen atoms in total. The van der Waals surface area contributed by atoms with Gasteiger partial charge in [-0.1, -0.05) is 42.4 Å². The minimum absolute atomic E-state index is 0.00352. The lowest BCUT2D eigenvalue weighted by Crippen LogP contribution is -2.19. The monoisotopic (exact) mass is 358 g/mol. The highest BCUT2D eigenvalue weighted by Gasteiger charge is 2.25. The molecule has 0 saturated carbocycles. The maximum atomic E-state index is 11.5. The molecule has 0 aliphatic carbocycles. The van der Waals surface area contributed by atoms with Crippen LogP contribution in [0.1, 0.15) is 31.0 Å². The molecule has 1 aromatic heterocycles. The zero-order valence-electron chi connectivity index (χ0n) is 14.4. The molecular weight excluding hydrogens is 336 g/mol. The Hall–Kier alpha value is -2.05. The summed E-state index contributed by atoms with van der Waals surface area (Å²) in [5.74, 6) is 0. The molecule has 0 radical (unpaired) electrons. The number of aromatic nitrogens is 1. The molecule has 0 fully saturated rings. The SMILES string of the molecule is CC(CC1CC(c2ccc(-c3ccc(CO)nc3)cc2)=NO1)S(C)=O. The molecule has 3 rings (SSSR count). The molecule has 3 atom stereocenters. The number of aliphatic hydroxyl groups excluding tert-OH is 1. The molecular formula is C19H22N2O3S. The smallest absolute Gasteiger partial charge is 0.134 e. The second-order valence-electron chi connectivity index (χ2n) is 6.29. The van der Waals surface area contributed by atoms with Crippen LogP contribution in [0.4, 0.5) is 0 Å². The summed E-state index contributed by atoms with van der Waals surface area (Å²) in [5.41, 5.74) is 4.69. The third kappa shape index (κ3) is 4.32. The van der Waals surface area contributed by atoms with Crippen molar-refractivity contribution in [1.29, 1.82) is 0 Å². The summed E-state index contributed by atoms with van der Waals surface area (Å²) in [5, 5.41) is 13.4. The van der Waals surface area contributed by atoms with Gasteiger partial charge < -0.3 is 9.94 Å². The van der Waals surface area contributed by atoms with Gasteiger partial charge in [-0.2, -0.15) is 0 Å². The number of hydrogen-bond acceptors (Lipinski definition) is 5. The Morgan fingerprint density at radius 3 is 2.48 bits per heavy atom. The van der Waals surface area contributed by atoms with Crippen LogP contribution in [0.15, 0.2) is 47.8 Å². The fourth-order valence-corrected chi connectivity index (χ4v) is 3.26. The molecule has 6 heteroatoms. The van der Waals surface area contributed by atoms with Crippen molar-refractivity contribution in [2.45, 2.75) is 37.7 Å². The van der Waals surface area contributed by atoms with E-state index >= 15 is 0 Å². The van der Waals surface area contributed by atoms with Gasteiger partial charge in [-0.25, -0.2) is 0 Å². The lowest BCUT2D eigenvalue weighted by atomic mass is 9.99. The summed E-state index contributed by atoms with van der Waals surface area (Å²) in [4.78, 5) is 9.71. The van der Waals surface area contributed by atoms with Gasteiger partial charge in [0.2, 0.25) is 0 Å². The van der Waals surface area contributed by atoms with E-state index in [0.717, 1.165) is 35.2 Å². The van der Waals surface area contributed by atoms with Crippen molar-refractivity contribution < 1.29 is 14.2 Å². The minimum atomic E-state index is -0.841. The average Bonchev–Trinajstić information content (AvgIpc) is 3.10. The summed E-state index contributed by atoms with van der Waals surface area (Å²) in [7, 11) is -0.841. The van der Waals surface area contributed by atoms with Crippen molar-refractivity contribution in [3.8, 4) is 11.1 Å². The van der Waals surface area contributed by atoms with Crippen LogP contribution in [0, 0.1) is 0 Å². The summed E-state index contributed by atoms with van der Waals surface area (Å²) < 4.78 is 11.5. The molecule has 25 heavy (non-hydrogen) atoms. The third-order valence-corrected chi connectivity index (χ3v) is 5.76. The fourth-order valence-electron chi connectivity index (χ4n) is 2.77. The van der Waals surface area contributed by atoms with Crippen molar-refractivity contribution >= 4 is 16.5 Å². The summed E-state index contributed by atoms with van der Waals surface area (Å²) in [6.07, 6.45) is 4.98. The Bertz CT molecular complexity index is 772. The van der Waals surface area contributed by atoms with Gasteiger partial charge in [0.15, 0.2) is 0 Å². The van der Waals surface area contributed by atoms with Crippen LogP contribution < -0.4 is 0 Å². The number of rotatable bonds is 6. The fraction of sp³-hybridized carbons (Fsp3) is 0.368. The largest absolute Gasteiger partial charge is 0.392 e. The third-order valence-electron chi connectivity index (χ3n) is 4.43. The summed E-state index contributed by atoms with van der Waals surface area (Å²) in [6.45, 7) is 1.92. The Morgan fingerprint density at radius 1 is 1.20 bits per heavy atom. The maximum Gasteiger partial charge on any atom is 0.134 e. The first-order valence-electron chi connectivity index (χ1n) is 8.28. The van der Waals surface area contributed by atoms with Crippen molar-refractivity contribution in [2.75, 3.05) is 6.26 Å². The average molecular weight is 358 g/mol. The number of benzene rings is 1. The zero-order chi connectivity index (χ0) is 17.8. The van der Waals surface area contributed by atoms with Crippen LogP contribution >= 0.6 is 0 Å². The zero-order valence-corrected chi connectivity index (χ0v) is 15.2. The van der Waals surface area contributed by atoms with E-state index in [9.17, 15) is 4.21 Å². The molecule has 0 spiro atoms. The maximum absolute atomic E-state index is 11.5. The van der Waals surface area contributed by atoms with Crippen molar-refractivity contribution in [3.05, 3.63) is 53.9 Å². The Kier molecular flexibility index (Phi) is 5.60. The van der Waals surface area contributed by atoms with Crippen LogP contribution in [0.3, 0.4) is 0 Å². The molecule has 0 saturated heterocycles. The number of oxime groups is 1. The first-order chi connectivity index (χ1) is 12.1. The van der Waals surface area contributed by atoms with E-state index in [0.29, 0.717) is 5.69 Å². The van der Waals surface area contributed by atoms with E-state index in [1.54, 1.807) is 12.5 Å². The van der Waals surface area contributed by atoms with E-state index < -0.39 is 10.8 Å². The first-order valence-corrected chi connectivity index (χ1v) is 9.90. The van der Waals surface area contributed by atoms with E-state index in [4.69, 9.17) is 9.94 Å². The first kappa shape index (κ1) is 17.8. The molecule has 1 aromatic carbocycles. The van der Waals surface area contributed by atoms with Gasteiger partial charge >= 0.3 is 0 Å². The van der Waals surface area contributed by atoms with E-state index in [2.05, 4.69) is 10.1 Å². The molecule has 3 unspecified atom stereocenters. The molecule has 0 amide bonds. The molecule has 132 valence electrons. The van der Waals surface area contributed by atoms with Gasteiger partial charge in [-0.3, -0.25) is 9.19 Å². The Labute approximate surface area is 150 Å². The minimum Gasteiger partial charge on any atom is -0.392 e. The molecule has 1 aliphatic heterocycles. The van der Waals surface area contributed by atoms with Crippen LogP contribution in [0.2, 0.25) is 0 Å². The highest BCUT2D eigenvalue weighted by Crippen LogP contribution is 2.24. The standard InChI is InChI=1S/C19H22N2O3S/c1-13(25(2)23)9-18-10-19(21-24-18)15-5-3-14(4-6-15)16-7-8-17(12-22)20-11-16/h3-8,11,13,18,22H,9-10,12H2,1-2H3. The molecule has 1 aliphatic rings. The highest BCUT2D eigenvalue weighted by atomic mass is 32.2. The van der Waals surface area contributed by atoms with Crippen LogP contribution in [0.25, 0.3) is 11.1 Å². The molecule has 2 heterocycles. The van der Waals surface area contributed by atoms with Gasteiger partial charge in [-0.15, -0.1) is 0 Å². The van der Waals surface area contributed by atoms with Crippen molar-refractivity contribution in [3.63, 3.8) is 0 Å². The molecule has 1 N–H and O–H groups in total. The predicted octanol–water partition coefficient (Wildman–Crippen LogP) is 2.89. The predicted molar refractivity (Wildman–Crippen MR) is 99.8 cm³/mol. The van der Waals surface area contributed by atoms with Crippen LogP contribution in [-0.2, 0) is 22.2 Å². The number of aliphatic hydroxyl groups is 1. The summed E-state index contributed by atoms with van der Waals surface area (Å²) >= 11 is 0. The van der Waals surface area contributed by atoms with Gasteiger partial charge in [0, 0.05) is 46.9 Å². The Balaban J connectivity index is 1.65. The van der Waals surface area contributed by atoms with Gasteiger partial charge in [0.05, 0.1) is 18.0 Å². The number of hydrogen-bond donors (Lipinski definition) is 1. The van der Waals surface area contributed by atoms with Gasteiger partial charge in [0.25, 0.3) is 0 Å². The second kappa shape index (κ2) is 7.89. The topological polar surface area (TPSA) is 71.8 Å². The van der Waals surface area contributed by atoms with Crippen molar-refractivity contribution in [2.24, 2.45) is 5.16 Å². The normalized spacial score (nSPS) is 19.2. The highest BCUT2D eigenvalue weighted by molar-refractivity contribution is 7.84.